The summed E-state index contributed by atoms with van der Waals surface area (Å²) in [4.78, 5) is 12.6. The quantitative estimate of drug-likeness (QED) is 0.388. The van der Waals surface area contributed by atoms with E-state index in [1.54, 1.807) is 24.3 Å². The molecule has 23 heavy (non-hydrogen) atoms. The van der Waals surface area contributed by atoms with Gasteiger partial charge >= 0.3 is 5.63 Å². The summed E-state index contributed by atoms with van der Waals surface area (Å²) in [5.41, 5.74) is 1.83. The van der Waals surface area contributed by atoms with Gasteiger partial charge < -0.3 is 4.42 Å². The molecule has 3 aromatic rings. The lowest BCUT2D eigenvalue weighted by molar-refractivity contribution is 0.559. The van der Waals surface area contributed by atoms with Gasteiger partial charge in [0.1, 0.15) is 5.58 Å². The van der Waals surface area contributed by atoms with Gasteiger partial charge in [0.15, 0.2) is 0 Å². The molecule has 0 atom stereocenters. The molecule has 2 nitrogen and oxygen atoms in total. The predicted molar refractivity (Wildman–Crippen MR) is 98.3 cm³/mol. The Morgan fingerprint density at radius 1 is 1.04 bits per heavy atom. The number of hydrogen-bond donors (Lipinski definition) is 0. The molecule has 0 aliphatic carbocycles. The lowest BCUT2D eigenvalue weighted by Crippen LogP contribution is -2.00. The molecule has 0 unspecified atom stereocenters. The summed E-state index contributed by atoms with van der Waals surface area (Å²) in [6, 6.07) is 10.4. The molecule has 0 aliphatic rings. The Labute approximate surface area is 152 Å². The molecule has 0 amide bonds. The average molecular weight is 386 g/mol. The Morgan fingerprint density at radius 2 is 1.74 bits per heavy atom. The maximum atomic E-state index is 11.8. The van der Waals surface area contributed by atoms with E-state index in [0.717, 1.165) is 21.4 Å². The van der Waals surface area contributed by atoms with E-state index in [4.69, 9.17) is 39.2 Å². The largest absolute Gasteiger partial charge is 0.423 e. The van der Waals surface area contributed by atoms with Gasteiger partial charge in [-0.1, -0.05) is 40.9 Å². The fourth-order valence-electron chi connectivity index (χ4n) is 2.24. The van der Waals surface area contributed by atoms with Crippen LogP contribution >= 0.6 is 46.6 Å². The highest BCUT2D eigenvalue weighted by Gasteiger charge is 2.11. The molecule has 0 saturated carbocycles. The van der Waals surface area contributed by atoms with Gasteiger partial charge in [0.05, 0.1) is 10.0 Å². The molecule has 0 N–H and O–H groups in total. The Balaban J connectivity index is 2.03. The van der Waals surface area contributed by atoms with E-state index in [1.807, 2.05) is 13.0 Å². The van der Waals surface area contributed by atoms with Crippen molar-refractivity contribution < 1.29 is 4.42 Å². The zero-order chi connectivity index (χ0) is 16.6. The van der Waals surface area contributed by atoms with Gasteiger partial charge in [0.2, 0.25) is 0 Å². The first-order chi connectivity index (χ1) is 11.0. The fourth-order valence-corrected chi connectivity index (χ4v) is 4.08. The topological polar surface area (TPSA) is 30.2 Å². The van der Waals surface area contributed by atoms with Crippen LogP contribution in [0, 0.1) is 6.92 Å². The smallest absolute Gasteiger partial charge is 0.336 e. The number of fused-ring (bicyclic) bond motifs is 1. The summed E-state index contributed by atoms with van der Waals surface area (Å²) in [5.74, 6) is 0.533. The summed E-state index contributed by atoms with van der Waals surface area (Å²) in [7, 11) is 0. The number of hydrogen-bond acceptors (Lipinski definition) is 3. The molecule has 0 aliphatic heterocycles. The van der Waals surface area contributed by atoms with Crippen molar-refractivity contribution in [2.24, 2.45) is 0 Å². The second-order valence-corrected chi connectivity index (χ2v) is 7.23. The highest BCUT2D eigenvalue weighted by atomic mass is 35.5. The summed E-state index contributed by atoms with van der Waals surface area (Å²) in [6.45, 7) is 1.87. The number of thioether (sulfide) groups is 1. The molecule has 1 heterocycles. The third kappa shape index (κ3) is 3.53. The standard InChI is InChI=1S/C17H11Cl3O2S/c1-9-5-15-11(7-14(9)20)10(6-16(21)22-15)8-23-17-12(18)3-2-4-13(17)19/h2-7H,8H2,1H3. The van der Waals surface area contributed by atoms with Gasteiger partial charge in [-0.15, -0.1) is 11.8 Å². The maximum Gasteiger partial charge on any atom is 0.336 e. The van der Waals surface area contributed by atoms with Gasteiger partial charge in [-0.2, -0.15) is 0 Å². The third-order valence-electron chi connectivity index (χ3n) is 3.40. The van der Waals surface area contributed by atoms with Gasteiger partial charge in [0.25, 0.3) is 0 Å². The van der Waals surface area contributed by atoms with Crippen molar-refractivity contribution in [3.8, 4) is 0 Å². The van der Waals surface area contributed by atoms with Crippen LogP contribution in [-0.2, 0) is 5.75 Å². The van der Waals surface area contributed by atoms with Crippen LogP contribution in [0.2, 0.25) is 15.1 Å². The van der Waals surface area contributed by atoms with E-state index in [2.05, 4.69) is 0 Å². The molecular weight excluding hydrogens is 375 g/mol. The monoisotopic (exact) mass is 384 g/mol. The van der Waals surface area contributed by atoms with Crippen LogP contribution in [0.3, 0.4) is 0 Å². The zero-order valence-corrected chi connectivity index (χ0v) is 15.1. The van der Waals surface area contributed by atoms with Crippen LogP contribution < -0.4 is 5.63 Å². The van der Waals surface area contributed by atoms with Crippen LogP contribution in [0.4, 0.5) is 0 Å². The number of benzene rings is 2. The fraction of sp³-hybridized carbons (Fsp3) is 0.118. The molecule has 0 radical (unpaired) electrons. The summed E-state index contributed by atoms with van der Waals surface area (Å²) >= 11 is 20.0. The van der Waals surface area contributed by atoms with E-state index in [0.29, 0.717) is 26.4 Å². The molecule has 6 heteroatoms. The molecule has 0 saturated heterocycles. The van der Waals surface area contributed by atoms with E-state index in [-0.39, 0.29) is 5.63 Å². The van der Waals surface area contributed by atoms with Gasteiger partial charge in [-0.05, 0) is 42.3 Å². The zero-order valence-electron chi connectivity index (χ0n) is 12.0. The van der Waals surface area contributed by atoms with Crippen molar-refractivity contribution in [3.05, 3.63) is 73.0 Å². The van der Waals surface area contributed by atoms with Crippen LogP contribution in [0.5, 0.6) is 0 Å². The molecule has 1 aromatic heterocycles. The Bertz CT molecular complexity index is 930. The highest BCUT2D eigenvalue weighted by Crippen LogP contribution is 2.37. The minimum atomic E-state index is -0.389. The van der Waals surface area contributed by atoms with Gasteiger partial charge in [-0.25, -0.2) is 4.79 Å². The van der Waals surface area contributed by atoms with Crippen LogP contribution in [0.1, 0.15) is 11.1 Å². The predicted octanol–water partition coefficient (Wildman–Crippen LogP) is 6.35. The van der Waals surface area contributed by atoms with Crippen molar-refractivity contribution >= 4 is 57.5 Å². The van der Waals surface area contributed by atoms with Crippen molar-refractivity contribution in [1.82, 2.24) is 0 Å². The lowest BCUT2D eigenvalue weighted by atomic mass is 10.1. The lowest BCUT2D eigenvalue weighted by Gasteiger charge is -2.09. The number of aryl methyl sites for hydroxylation is 1. The second-order valence-electron chi connectivity index (χ2n) is 5.03. The first-order valence-corrected chi connectivity index (χ1v) is 8.87. The van der Waals surface area contributed by atoms with E-state index in [9.17, 15) is 4.79 Å². The molecule has 0 bridgehead atoms. The average Bonchev–Trinajstić information content (AvgIpc) is 2.48. The second kappa shape index (κ2) is 6.78. The normalized spacial score (nSPS) is 11.1. The summed E-state index contributed by atoms with van der Waals surface area (Å²) in [6.07, 6.45) is 0. The Hall–Kier alpha value is -1.13. The first kappa shape index (κ1) is 16.7. The Kier molecular flexibility index (Phi) is 4.93. The molecular formula is C17H11Cl3O2S. The minimum Gasteiger partial charge on any atom is -0.423 e. The maximum absolute atomic E-state index is 11.8. The number of rotatable bonds is 3. The third-order valence-corrected chi connectivity index (χ3v) is 5.85. The van der Waals surface area contributed by atoms with Crippen molar-refractivity contribution in [1.29, 1.82) is 0 Å². The first-order valence-electron chi connectivity index (χ1n) is 6.75. The molecule has 0 fully saturated rings. The molecule has 118 valence electrons. The Morgan fingerprint density at radius 3 is 2.43 bits per heavy atom. The van der Waals surface area contributed by atoms with E-state index >= 15 is 0 Å². The van der Waals surface area contributed by atoms with E-state index in [1.165, 1.54) is 17.8 Å². The van der Waals surface area contributed by atoms with Crippen LogP contribution in [-0.4, -0.2) is 0 Å². The molecule has 3 rings (SSSR count). The van der Waals surface area contributed by atoms with Crippen molar-refractivity contribution in [2.75, 3.05) is 0 Å². The molecule has 0 spiro atoms. The van der Waals surface area contributed by atoms with Gasteiger partial charge in [0, 0.05) is 27.1 Å². The van der Waals surface area contributed by atoms with Crippen molar-refractivity contribution in [3.63, 3.8) is 0 Å². The number of halogens is 3. The van der Waals surface area contributed by atoms with Crippen molar-refractivity contribution in [2.45, 2.75) is 17.6 Å². The highest BCUT2D eigenvalue weighted by molar-refractivity contribution is 7.98. The van der Waals surface area contributed by atoms with Crippen LogP contribution in [0.15, 0.2) is 50.5 Å². The van der Waals surface area contributed by atoms with E-state index < -0.39 is 0 Å². The SMILES string of the molecule is Cc1cc2oc(=O)cc(CSc3c(Cl)cccc3Cl)c2cc1Cl. The van der Waals surface area contributed by atoms with Crippen LogP contribution in [0.25, 0.3) is 11.0 Å². The van der Waals surface area contributed by atoms with Gasteiger partial charge in [-0.3, -0.25) is 0 Å². The molecule has 2 aromatic carbocycles. The minimum absolute atomic E-state index is 0.389. The summed E-state index contributed by atoms with van der Waals surface area (Å²) < 4.78 is 5.26. The summed E-state index contributed by atoms with van der Waals surface area (Å²) in [5, 5.41) is 2.62.